The van der Waals surface area contributed by atoms with E-state index in [1.54, 1.807) is 0 Å². The zero-order valence-electron chi connectivity index (χ0n) is 15.6. The van der Waals surface area contributed by atoms with Crippen LogP contribution in [0.3, 0.4) is 0 Å². The van der Waals surface area contributed by atoms with Crippen molar-refractivity contribution in [2.24, 2.45) is 0 Å². The summed E-state index contributed by atoms with van der Waals surface area (Å²) in [5.74, 6) is -0.364. The standard InChI is InChI=1S/C22H21N3O2S/c1-15(26)23-22-24-18-12-13-25(14-19(18)28-22)21(27)20(16-8-4-2-5-9-16)17-10-6-3-7-11-17/h2-11,20H,12-14H2,1H3,(H,23,24,26). The minimum Gasteiger partial charge on any atom is -0.336 e. The van der Waals surface area contributed by atoms with Gasteiger partial charge >= 0.3 is 0 Å². The smallest absolute Gasteiger partial charge is 0.234 e. The highest BCUT2D eigenvalue weighted by atomic mass is 32.1. The number of amides is 2. The number of benzene rings is 2. The molecule has 1 N–H and O–H groups in total. The van der Waals surface area contributed by atoms with Gasteiger partial charge in [0.15, 0.2) is 5.13 Å². The average Bonchev–Trinajstić information content (AvgIpc) is 3.10. The summed E-state index contributed by atoms with van der Waals surface area (Å²) in [5.41, 5.74) is 2.97. The molecule has 1 aliphatic heterocycles. The van der Waals surface area contributed by atoms with E-state index in [-0.39, 0.29) is 17.7 Å². The first-order valence-corrected chi connectivity index (χ1v) is 10.1. The van der Waals surface area contributed by atoms with Gasteiger partial charge in [-0.15, -0.1) is 0 Å². The molecule has 2 heterocycles. The Labute approximate surface area is 168 Å². The number of carbonyl (C=O) groups excluding carboxylic acids is 2. The molecule has 28 heavy (non-hydrogen) atoms. The van der Waals surface area contributed by atoms with E-state index in [4.69, 9.17) is 0 Å². The maximum absolute atomic E-state index is 13.5. The van der Waals surface area contributed by atoms with Crippen molar-refractivity contribution in [3.8, 4) is 0 Å². The van der Waals surface area contributed by atoms with Gasteiger partial charge in [0.2, 0.25) is 11.8 Å². The van der Waals surface area contributed by atoms with Crippen LogP contribution in [0.25, 0.3) is 0 Å². The van der Waals surface area contributed by atoms with Gasteiger partial charge < -0.3 is 10.2 Å². The van der Waals surface area contributed by atoms with Crippen LogP contribution in [0.5, 0.6) is 0 Å². The molecule has 0 saturated carbocycles. The van der Waals surface area contributed by atoms with E-state index in [9.17, 15) is 9.59 Å². The first-order chi connectivity index (χ1) is 13.6. The van der Waals surface area contributed by atoms with Gasteiger partial charge in [-0.3, -0.25) is 9.59 Å². The Morgan fingerprint density at radius 3 is 2.21 bits per heavy atom. The highest BCUT2D eigenvalue weighted by Gasteiger charge is 2.31. The lowest BCUT2D eigenvalue weighted by atomic mass is 9.89. The SMILES string of the molecule is CC(=O)Nc1nc2c(s1)CN(C(=O)C(c1ccccc1)c1ccccc1)CC2. The van der Waals surface area contributed by atoms with Crippen LogP contribution in [-0.2, 0) is 22.6 Å². The van der Waals surface area contributed by atoms with E-state index in [0.717, 1.165) is 21.7 Å². The number of rotatable bonds is 4. The van der Waals surface area contributed by atoms with Gasteiger partial charge in [0, 0.05) is 24.8 Å². The Balaban J connectivity index is 1.61. The lowest BCUT2D eigenvalue weighted by Crippen LogP contribution is -2.39. The highest BCUT2D eigenvalue weighted by molar-refractivity contribution is 7.15. The Bertz CT molecular complexity index is 946. The van der Waals surface area contributed by atoms with E-state index in [1.807, 2.05) is 65.6 Å². The van der Waals surface area contributed by atoms with Crippen LogP contribution >= 0.6 is 11.3 Å². The lowest BCUT2D eigenvalue weighted by Gasteiger charge is -2.30. The molecule has 2 aromatic carbocycles. The lowest BCUT2D eigenvalue weighted by molar-refractivity contribution is -0.132. The minimum atomic E-state index is -0.327. The maximum Gasteiger partial charge on any atom is 0.234 e. The number of carbonyl (C=O) groups is 2. The van der Waals surface area contributed by atoms with E-state index in [0.29, 0.717) is 24.6 Å². The van der Waals surface area contributed by atoms with E-state index in [2.05, 4.69) is 10.3 Å². The first kappa shape index (κ1) is 18.4. The van der Waals surface area contributed by atoms with Crippen molar-refractivity contribution in [1.82, 2.24) is 9.88 Å². The van der Waals surface area contributed by atoms with Crippen LogP contribution in [0.4, 0.5) is 5.13 Å². The zero-order chi connectivity index (χ0) is 19.5. The van der Waals surface area contributed by atoms with Gasteiger partial charge in [0.05, 0.1) is 18.2 Å². The second-order valence-electron chi connectivity index (χ2n) is 6.83. The average molecular weight is 391 g/mol. The van der Waals surface area contributed by atoms with Crippen molar-refractivity contribution in [2.75, 3.05) is 11.9 Å². The van der Waals surface area contributed by atoms with Gasteiger partial charge in [-0.1, -0.05) is 72.0 Å². The van der Waals surface area contributed by atoms with Gasteiger partial charge in [-0.2, -0.15) is 0 Å². The molecule has 1 aromatic heterocycles. The number of nitrogens with zero attached hydrogens (tertiary/aromatic N) is 2. The molecule has 0 radical (unpaired) electrons. The molecule has 142 valence electrons. The van der Waals surface area contributed by atoms with Gasteiger partial charge in [-0.25, -0.2) is 4.98 Å². The third-order valence-electron chi connectivity index (χ3n) is 4.84. The third-order valence-corrected chi connectivity index (χ3v) is 5.84. The topological polar surface area (TPSA) is 62.3 Å². The summed E-state index contributed by atoms with van der Waals surface area (Å²) in [6.45, 7) is 2.63. The number of hydrogen-bond donors (Lipinski definition) is 1. The summed E-state index contributed by atoms with van der Waals surface area (Å²) in [6.07, 6.45) is 0.702. The predicted octanol–water partition coefficient (Wildman–Crippen LogP) is 3.82. The number of nitrogens with one attached hydrogen (secondary N) is 1. The van der Waals surface area contributed by atoms with Gasteiger partial charge in [0.1, 0.15) is 0 Å². The Hall–Kier alpha value is -2.99. The zero-order valence-corrected chi connectivity index (χ0v) is 16.4. The summed E-state index contributed by atoms with van der Waals surface area (Å²) in [7, 11) is 0. The maximum atomic E-state index is 13.5. The third kappa shape index (κ3) is 3.82. The molecule has 0 atom stereocenters. The summed E-state index contributed by atoms with van der Waals surface area (Å²) in [6, 6.07) is 19.8. The highest BCUT2D eigenvalue weighted by Crippen LogP contribution is 2.32. The molecular weight excluding hydrogens is 370 g/mol. The number of aromatic nitrogens is 1. The quantitative estimate of drug-likeness (QED) is 0.735. The fourth-order valence-electron chi connectivity index (χ4n) is 3.54. The molecule has 3 aromatic rings. The van der Waals surface area contributed by atoms with Crippen molar-refractivity contribution in [3.63, 3.8) is 0 Å². The number of thiazole rings is 1. The largest absolute Gasteiger partial charge is 0.336 e. The van der Waals surface area contributed by atoms with Gasteiger partial charge in [0.25, 0.3) is 0 Å². The molecule has 1 aliphatic rings. The van der Waals surface area contributed by atoms with Crippen LogP contribution in [0.2, 0.25) is 0 Å². The van der Waals surface area contributed by atoms with Crippen molar-refractivity contribution in [2.45, 2.75) is 25.8 Å². The van der Waals surface area contributed by atoms with E-state index >= 15 is 0 Å². The van der Waals surface area contributed by atoms with Crippen molar-refractivity contribution < 1.29 is 9.59 Å². The second kappa shape index (κ2) is 7.94. The van der Waals surface area contributed by atoms with Crippen LogP contribution in [-0.4, -0.2) is 28.2 Å². The fourth-order valence-corrected chi connectivity index (χ4v) is 4.61. The molecule has 0 spiro atoms. The minimum absolute atomic E-state index is 0.0949. The summed E-state index contributed by atoms with van der Waals surface area (Å²) < 4.78 is 0. The van der Waals surface area contributed by atoms with Gasteiger partial charge in [-0.05, 0) is 11.1 Å². The molecule has 6 heteroatoms. The summed E-state index contributed by atoms with van der Waals surface area (Å²) in [5, 5.41) is 3.35. The number of hydrogen-bond acceptors (Lipinski definition) is 4. The molecule has 2 amide bonds. The molecule has 0 aliphatic carbocycles. The normalized spacial score (nSPS) is 13.3. The number of fused-ring (bicyclic) bond motifs is 1. The van der Waals surface area contributed by atoms with Crippen LogP contribution in [0, 0.1) is 0 Å². The Morgan fingerprint density at radius 1 is 1.04 bits per heavy atom. The summed E-state index contributed by atoms with van der Waals surface area (Å²) in [4.78, 5) is 32.3. The van der Waals surface area contributed by atoms with Crippen molar-refractivity contribution >= 4 is 28.3 Å². The van der Waals surface area contributed by atoms with E-state index < -0.39 is 0 Å². The Morgan fingerprint density at radius 2 is 1.64 bits per heavy atom. The van der Waals surface area contributed by atoms with Crippen LogP contribution in [0.15, 0.2) is 60.7 Å². The molecule has 0 bridgehead atoms. The van der Waals surface area contributed by atoms with Crippen molar-refractivity contribution in [1.29, 1.82) is 0 Å². The first-order valence-electron chi connectivity index (χ1n) is 9.26. The molecule has 5 nitrogen and oxygen atoms in total. The molecular formula is C22H21N3O2S. The molecule has 0 fully saturated rings. The molecule has 0 unspecified atom stereocenters. The fraction of sp³-hybridized carbons (Fsp3) is 0.227. The van der Waals surface area contributed by atoms with Crippen molar-refractivity contribution in [3.05, 3.63) is 82.4 Å². The Kier molecular flexibility index (Phi) is 5.21. The monoisotopic (exact) mass is 391 g/mol. The molecule has 4 rings (SSSR count). The number of anilines is 1. The van der Waals surface area contributed by atoms with Crippen LogP contribution < -0.4 is 5.32 Å². The second-order valence-corrected chi connectivity index (χ2v) is 7.92. The predicted molar refractivity (Wildman–Crippen MR) is 110 cm³/mol. The van der Waals surface area contributed by atoms with Crippen LogP contribution in [0.1, 0.15) is 34.5 Å². The molecule has 0 saturated heterocycles. The van der Waals surface area contributed by atoms with E-state index in [1.165, 1.54) is 18.3 Å². The summed E-state index contributed by atoms with van der Waals surface area (Å²) >= 11 is 1.45.